The highest BCUT2D eigenvalue weighted by atomic mass is 32.2. The summed E-state index contributed by atoms with van der Waals surface area (Å²) < 4.78 is 23.0. The van der Waals surface area contributed by atoms with Crippen molar-refractivity contribution in [2.24, 2.45) is 0 Å². The van der Waals surface area contributed by atoms with Gasteiger partial charge in [0.2, 0.25) is 10.0 Å². The minimum atomic E-state index is -3.79. The van der Waals surface area contributed by atoms with E-state index in [1.165, 1.54) is 4.72 Å². The topological polar surface area (TPSA) is 104 Å². The Hall–Kier alpha value is -1.15. The summed E-state index contributed by atoms with van der Waals surface area (Å²) in [7, 11) is -3.79. The molecule has 1 saturated carbocycles. The van der Waals surface area contributed by atoms with E-state index in [-0.39, 0.29) is 0 Å². The minimum absolute atomic E-state index is 0.347. The molecule has 0 bridgehead atoms. The third kappa shape index (κ3) is 4.31. The van der Waals surface area contributed by atoms with E-state index in [2.05, 4.69) is 0 Å². The van der Waals surface area contributed by atoms with Crippen molar-refractivity contribution < 1.29 is 23.2 Å². The van der Waals surface area contributed by atoms with Crippen LogP contribution in [0.3, 0.4) is 0 Å². The number of carbonyl (C=O) groups excluding carboxylic acids is 2. The highest BCUT2D eigenvalue weighted by Crippen LogP contribution is 2.21. The van der Waals surface area contributed by atoms with Crippen LogP contribution in [0.2, 0.25) is 0 Å². The van der Waals surface area contributed by atoms with Crippen LogP contribution in [0.15, 0.2) is 0 Å². The number of nitrogens with zero attached hydrogens (tertiary/aromatic N) is 1. The Labute approximate surface area is 99.8 Å². The highest BCUT2D eigenvalue weighted by Gasteiger charge is 2.29. The van der Waals surface area contributed by atoms with E-state index in [4.69, 9.17) is 0 Å². The molecular formula is C9H16N2O5S. The quantitative estimate of drug-likeness (QED) is 0.402. The molecule has 0 unspecified atom stereocenters. The lowest BCUT2D eigenvalue weighted by molar-refractivity contribution is -0.181. The Kier molecular flexibility index (Phi) is 4.47. The molecule has 0 atom stereocenters. The first-order valence-electron chi connectivity index (χ1n) is 5.35. The van der Waals surface area contributed by atoms with Crippen LogP contribution in [0.5, 0.6) is 0 Å². The van der Waals surface area contributed by atoms with Crippen molar-refractivity contribution in [3.05, 3.63) is 0 Å². The summed E-state index contributed by atoms with van der Waals surface area (Å²) in [6, 6.07) is -0.401. The monoisotopic (exact) mass is 264 g/mol. The van der Waals surface area contributed by atoms with Crippen molar-refractivity contribution in [2.45, 2.75) is 38.1 Å². The first kappa shape index (κ1) is 13.9. The van der Waals surface area contributed by atoms with Crippen LogP contribution in [0, 0.1) is 0 Å². The van der Waals surface area contributed by atoms with E-state index >= 15 is 0 Å². The van der Waals surface area contributed by atoms with Gasteiger partial charge in [0.15, 0.2) is 0 Å². The van der Waals surface area contributed by atoms with Gasteiger partial charge in [0.25, 0.3) is 0 Å². The minimum Gasteiger partial charge on any atom is -0.285 e. The van der Waals surface area contributed by atoms with Crippen LogP contribution in [-0.2, 0) is 19.6 Å². The molecule has 1 rings (SSSR count). The van der Waals surface area contributed by atoms with Gasteiger partial charge in [0.05, 0.1) is 12.3 Å². The molecule has 0 spiro atoms. The second-order valence-electron chi connectivity index (χ2n) is 4.14. The standard InChI is InChI=1S/C9H16N2O5S/c1-17(15,16)10-8(12)9(13)11(14)7-5-3-2-4-6-7/h7,14H,2-6H2,1H3,(H,10,12). The van der Waals surface area contributed by atoms with E-state index in [9.17, 15) is 23.2 Å². The molecule has 2 N–H and O–H groups in total. The molecule has 8 heteroatoms. The first-order valence-corrected chi connectivity index (χ1v) is 7.24. The molecule has 0 aromatic rings. The van der Waals surface area contributed by atoms with Crippen molar-refractivity contribution in [3.8, 4) is 0 Å². The van der Waals surface area contributed by atoms with Gasteiger partial charge in [-0.3, -0.25) is 14.8 Å². The molecule has 98 valence electrons. The third-order valence-corrected chi connectivity index (χ3v) is 3.16. The summed E-state index contributed by atoms with van der Waals surface area (Å²) in [5.74, 6) is -2.57. The summed E-state index contributed by atoms with van der Waals surface area (Å²) >= 11 is 0. The highest BCUT2D eigenvalue weighted by molar-refractivity contribution is 7.89. The average Bonchev–Trinajstić information content (AvgIpc) is 2.26. The van der Waals surface area contributed by atoms with Crippen molar-refractivity contribution in [2.75, 3.05) is 6.26 Å². The first-order chi connectivity index (χ1) is 7.81. The molecule has 0 heterocycles. The van der Waals surface area contributed by atoms with Crippen molar-refractivity contribution in [1.29, 1.82) is 0 Å². The summed E-state index contributed by atoms with van der Waals surface area (Å²) in [6.07, 6.45) is 4.79. The van der Waals surface area contributed by atoms with Crippen LogP contribution >= 0.6 is 0 Å². The van der Waals surface area contributed by atoms with Crippen LogP contribution in [0.1, 0.15) is 32.1 Å². The predicted octanol–water partition coefficient (Wildman–Crippen LogP) is -0.387. The summed E-state index contributed by atoms with van der Waals surface area (Å²) in [4.78, 5) is 22.6. The summed E-state index contributed by atoms with van der Waals surface area (Å²) in [6.45, 7) is 0. The van der Waals surface area contributed by atoms with Gasteiger partial charge in [0.1, 0.15) is 0 Å². The zero-order valence-electron chi connectivity index (χ0n) is 9.55. The Morgan fingerprint density at radius 1 is 1.24 bits per heavy atom. The molecule has 0 aromatic heterocycles. The lowest BCUT2D eigenvalue weighted by Crippen LogP contribution is -2.47. The fourth-order valence-corrected chi connectivity index (χ4v) is 2.23. The third-order valence-electron chi connectivity index (χ3n) is 2.60. The van der Waals surface area contributed by atoms with Crippen LogP contribution in [0.25, 0.3) is 0 Å². The number of nitrogens with one attached hydrogen (secondary N) is 1. The Balaban J connectivity index is 2.59. The molecule has 1 fully saturated rings. The lowest BCUT2D eigenvalue weighted by atomic mass is 9.95. The predicted molar refractivity (Wildman–Crippen MR) is 58.5 cm³/mol. The molecule has 0 aliphatic heterocycles. The van der Waals surface area contributed by atoms with Gasteiger partial charge in [-0.15, -0.1) is 0 Å². The Morgan fingerprint density at radius 2 is 1.76 bits per heavy atom. The van der Waals surface area contributed by atoms with E-state index in [1.54, 1.807) is 0 Å². The van der Waals surface area contributed by atoms with Gasteiger partial charge in [-0.05, 0) is 12.8 Å². The maximum atomic E-state index is 11.4. The second-order valence-corrected chi connectivity index (χ2v) is 5.89. The van der Waals surface area contributed by atoms with Gasteiger partial charge in [-0.1, -0.05) is 19.3 Å². The lowest BCUT2D eigenvalue weighted by Gasteiger charge is -2.28. The van der Waals surface area contributed by atoms with Gasteiger partial charge in [-0.2, -0.15) is 0 Å². The van der Waals surface area contributed by atoms with E-state index in [1.807, 2.05) is 0 Å². The number of carbonyl (C=O) groups is 2. The van der Waals surface area contributed by atoms with Gasteiger partial charge in [-0.25, -0.2) is 18.2 Å². The fourth-order valence-electron chi connectivity index (χ4n) is 1.81. The van der Waals surface area contributed by atoms with Crippen LogP contribution < -0.4 is 4.72 Å². The number of hydrogen-bond donors (Lipinski definition) is 2. The smallest absolute Gasteiger partial charge is 0.285 e. The van der Waals surface area contributed by atoms with Crippen LogP contribution in [-0.4, -0.2) is 42.8 Å². The molecule has 17 heavy (non-hydrogen) atoms. The maximum absolute atomic E-state index is 11.4. The zero-order chi connectivity index (χ0) is 13.1. The van der Waals surface area contributed by atoms with Crippen molar-refractivity contribution >= 4 is 21.8 Å². The van der Waals surface area contributed by atoms with Crippen molar-refractivity contribution in [1.82, 2.24) is 9.79 Å². The SMILES string of the molecule is CS(=O)(=O)NC(=O)C(=O)N(O)C1CCCCC1. The average molecular weight is 264 g/mol. The Bertz CT molecular complexity index is 400. The maximum Gasteiger partial charge on any atom is 0.336 e. The van der Waals surface area contributed by atoms with E-state index in [0.717, 1.165) is 25.5 Å². The number of hydrogen-bond acceptors (Lipinski definition) is 5. The Morgan fingerprint density at radius 3 is 2.24 bits per heavy atom. The van der Waals surface area contributed by atoms with Gasteiger partial charge < -0.3 is 0 Å². The van der Waals surface area contributed by atoms with Gasteiger partial charge >= 0.3 is 11.8 Å². The number of rotatable bonds is 2. The number of hydroxylamine groups is 2. The second kappa shape index (κ2) is 5.46. The molecule has 1 aliphatic carbocycles. The number of sulfonamides is 1. The molecule has 0 saturated heterocycles. The molecule has 7 nitrogen and oxygen atoms in total. The largest absolute Gasteiger partial charge is 0.336 e. The van der Waals surface area contributed by atoms with E-state index < -0.39 is 27.9 Å². The van der Waals surface area contributed by atoms with E-state index in [0.29, 0.717) is 17.9 Å². The van der Waals surface area contributed by atoms with Gasteiger partial charge in [0, 0.05) is 0 Å². The molecule has 0 aromatic carbocycles. The van der Waals surface area contributed by atoms with Crippen molar-refractivity contribution in [3.63, 3.8) is 0 Å². The fraction of sp³-hybridized carbons (Fsp3) is 0.778. The molecular weight excluding hydrogens is 248 g/mol. The zero-order valence-corrected chi connectivity index (χ0v) is 10.4. The summed E-state index contributed by atoms with van der Waals surface area (Å²) in [5.41, 5.74) is 0. The molecule has 0 radical (unpaired) electrons. The number of amides is 2. The normalized spacial score (nSPS) is 17.5. The summed E-state index contributed by atoms with van der Waals surface area (Å²) in [5, 5.41) is 9.88. The van der Waals surface area contributed by atoms with Crippen LogP contribution in [0.4, 0.5) is 0 Å². The molecule has 2 amide bonds. The molecule has 1 aliphatic rings.